The van der Waals surface area contributed by atoms with Gasteiger partial charge in [-0.15, -0.1) is 11.6 Å². The van der Waals surface area contributed by atoms with Crippen molar-refractivity contribution in [1.82, 2.24) is 0 Å². The summed E-state index contributed by atoms with van der Waals surface area (Å²) < 4.78 is 6.69. The van der Waals surface area contributed by atoms with Gasteiger partial charge in [0.25, 0.3) is 0 Å². The van der Waals surface area contributed by atoms with E-state index in [9.17, 15) is 0 Å². The first-order valence-electron chi connectivity index (χ1n) is 6.92. The van der Waals surface area contributed by atoms with Gasteiger partial charge in [0, 0.05) is 10.0 Å². The highest BCUT2D eigenvalue weighted by Gasteiger charge is 2.24. The highest BCUT2D eigenvalue weighted by Crippen LogP contribution is 2.43. The number of benzene rings is 2. The first-order valence-corrected chi connectivity index (χ1v) is 8.15. The van der Waals surface area contributed by atoms with Crippen LogP contribution in [0, 0.1) is 27.7 Å². The molecule has 3 heteroatoms. The zero-order valence-corrected chi connectivity index (χ0v) is 15.4. The minimum atomic E-state index is -0.225. The van der Waals surface area contributed by atoms with Crippen LogP contribution in [0.15, 0.2) is 28.7 Å². The van der Waals surface area contributed by atoms with Crippen molar-refractivity contribution in [2.24, 2.45) is 0 Å². The van der Waals surface area contributed by atoms with Crippen molar-refractivity contribution < 1.29 is 4.74 Å². The van der Waals surface area contributed by atoms with E-state index >= 15 is 0 Å². The van der Waals surface area contributed by atoms with E-state index in [4.69, 9.17) is 16.3 Å². The van der Waals surface area contributed by atoms with Crippen LogP contribution in [-0.2, 0) is 0 Å². The lowest BCUT2D eigenvalue weighted by Crippen LogP contribution is -2.06. The summed E-state index contributed by atoms with van der Waals surface area (Å²) in [6.45, 7) is 8.32. The lowest BCUT2D eigenvalue weighted by atomic mass is 9.91. The quantitative estimate of drug-likeness (QED) is 0.603. The van der Waals surface area contributed by atoms with Crippen molar-refractivity contribution in [3.8, 4) is 5.75 Å². The van der Waals surface area contributed by atoms with E-state index in [2.05, 4.69) is 61.0 Å². The molecule has 0 aliphatic carbocycles. The van der Waals surface area contributed by atoms with Gasteiger partial charge in [0.05, 0.1) is 12.5 Å². The maximum Gasteiger partial charge on any atom is 0.127 e. The predicted molar refractivity (Wildman–Crippen MR) is 93.8 cm³/mol. The Balaban J connectivity index is 2.71. The molecule has 0 bridgehead atoms. The molecule has 2 rings (SSSR count). The molecule has 0 saturated heterocycles. The number of aryl methyl sites for hydroxylation is 3. The molecular formula is C18H20BrClO. The van der Waals surface area contributed by atoms with E-state index in [1.807, 2.05) is 6.92 Å². The normalized spacial score (nSPS) is 12.3. The summed E-state index contributed by atoms with van der Waals surface area (Å²) in [5.74, 6) is 0.873. The van der Waals surface area contributed by atoms with Crippen LogP contribution in [0.25, 0.3) is 0 Å². The standard InChI is InChI=1S/C18H20BrClO/c1-10-7-6-8-11(2)15(10)17(20)16-13(4)14(19)9-12(3)18(16)21-5/h6-9,17H,1-5H3. The van der Waals surface area contributed by atoms with Crippen LogP contribution < -0.4 is 4.74 Å². The van der Waals surface area contributed by atoms with Gasteiger partial charge >= 0.3 is 0 Å². The second kappa shape index (κ2) is 6.41. The summed E-state index contributed by atoms with van der Waals surface area (Å²) in [4.78, 5) is 0. The van der Waals surface area contributed by atoms with Crippen LogP contribution in [0.3, 0.4) is 0 Å². The van der Waals surface area contributed by atoms with Crippen molar-refractivity contribution in [2.75, 3.05) is 7.11 Å². The Morgan fingerprint density at radius 1 is 1.00 bits per heavy atom. The molecule has 2 aromatic rings. The van der Waals surface area contributed by atoms with Crippen molar-refractivity contribution in [1.29, 1.82) is 0 Å². The predicted octanol–water partition coefficient (Wildman–Crippen LogP) is 6.02. The van der Waals surface area contributed by atoms with Crippen molar-refractivity contribution in [3.63, 3.8) is 0 Å². The Morgan fingerprint density at radius 2 is 1.57 bits per heavy atom. The maximum absolute atomic E-state index is 6.87. The largest absolute Gasteiger partial charge is 0.496 e. The first kappa shape index (κ1) is 16.4. The molecule has 0 aliphatic heterocycles. The molecule has 0 heterocycles. The van der Waals surface area contributed by atoms with Crippen LogP contribution in [0.2, 0.25) is 0 Å². The van der Waals surface area contributed by atoms with Gasteiger partial charge in [-0.3, -0.25) is 0 Å². The molecule has 0 aromatic heterocycles. The smallest absolute Gasteiger partial charge is 0.127 e. The summed E-state index contributed by atoms with van der Waals surface area (Å²) >= 11 is 10.5. The number of hydrogen-bond acceptors (Lipinski definition) is 1. The number of methoxy groups -OCH3 is 1. The molecule has 0 aliphatic rings. The molecule has 0 N–H and O–H groups in total. The van der Waals surface area contributed by atoms with Gasteiger partial charge in [-0.1, -0.05) is 34.1 Å². The molecule has 0 spiro atoms. The van der Waals surface area contributed by atoms with Crippen LogP contribution >= 0.6 is 27.5 Å². The summed E-state index contributed by atoms with van der Waals surface area (Å²) in [7, 11) is 1.70. The molecule has 112 valence electrons. The highest BCUT2D eigenvalue weighted by molar-refractivity contribution is 9.10. The second-order valence-corrected chi connectivity index (χ2v) is 6.71. The molecule has 1 atom stereocenters. The van der Waals surface area contributed by atoms with E-state index in [1.165, 1.54) is 11.1 Å². The van der Waals surface area contributed by atoms with Crippen LogP contribution in [0.5, 0.6) is 5.75 Å². The molecule has 0 amide bonds. The van der Waals surface area contributed by atoms with E-state index < -0.39 is 0 Å². The Morgan fingerprint density at radius 3 is 2.10 bits per heavy atom. The van der Waals surface area contributed by atoms with Crippen LogP contribution in [0.4, 0.5) is 0 Å². The van der Waals surface area contributed by atoms with Crippen LogP contribution in [-0.4, -0.2) is 7.11 Å². The average molecular weight is 368 g/mol. The Bertz CT molecular complexity index is 659. The third-order valence-electron chi connectivity index (χ3n) is 3.96. The molecule has 0 saturated carbocycles. The maximum atomic E-state index is 6.87. The van der Waals surface area contributed by atoms with Crippen LogP contribution in [0.1, 0.15) is 38.8 Å². The van der Waals surface area contributed by atoms with E-state index in [1.54, 1.807) is 7.11 Å². The summed E-state index contributed by atoms with van der Waals surface area (Å²) in [5.41, 5.74) is 6.83. The van der Waals surface area contributed by atoms with Crippen molar-refractivity contribution in [2.45, 2.75) is 33.1 Å². The van der Waals surface area contributed by atoms with Gasteiger partial charge in [0.2, 0.25) is 0 Å². The molecular weight excluding hydrogens is 348 g/mol. The summed E-state index contributed by atoms with van der Waals surface area (Å²) in [6, 6.07) is 8.34. The van der Waals surface area contributed by atoms with Gasteiger partial charge in [0.15, 0.2) is 0 Å². The van der Waals surface area contributed by atoms with E-state index in [-0.39, 0.29) is 5.38 Å². The topological polar surface area (TPSA) is 9.23 Å². The zero-order chi connectivity index (χ0) is 15.7. The molecule has 0 fully saturated rings. The minimum Gasteiger partial charge on any atom is -0.496 e. The molecule has 21 heavy (non-hydrogen) atoms. The molecule has 1 unspecified atom stereocenters. The Hall–Kier alpha value is -0.990. The fourth-order valence-corrected chi connectivity index (χ4v) is 3.99. The average Bonchev–Trinajstić information content (AvgIpc) is 2.42. The lowest BCUT2D eigenvalue weighted by molar-refractivity contribution is 0.406. The highest BCUT2D eigenvalue weighted by atomic mass is 79.9. The van der Waals surface area contributed by atoms with Gasteiger partial charge < -0.3 is 4.74 Å². The molecule has 1 nitrogen and oxygen atoms in total. The minimum absolute atomic E-state index is 0.225. The van der Waals surface area contributed by atoms with Gasteiger partial charge in [-0.25, -0.2) is 0 Å². The van der Waals surface area contributed by atoms with E-state index in [0.717, 1.165) is 32.5 Å². The van der Waals surface area contributed by atoms with Gasteiger partial charge in [-0.2, -0.15) is 0 Å². The zero-order valence-electron chi connectivity index (χ0n) is 13.1. The third kappa shape index (κ3) is 2.97. The summed E-state index contributed by atoms with van der Waals surface area (Å²) in [6.07, 6.45) is 0. The number of ether oxygens (including phenoxy) is 1. The number of rotatable bonds is 3. The fourth-order valence-electron chi connectivity index (χ4n) is 2.82. The first-order chi connectivity index (χ1) is 9.88. The lowest BCUT2D eigenvalue weighted by Gasteiger charge is -2.22. The molecule has 0 radical (unpaired) electrons. The Labute approximate surface area is 140 Å². The molecule has 2 aromatic carbocycles. The van der Waals surface area contributed by atoms with Crippen molar-refractivity contribution in [3.05, 3.63) is 62.1 Å². The van der Waals surface area contributed by atoms with Gasteiger partial charge in [-0.05, 0) is 61.6 Å². The Kier molecular flexibility index (Phi) is 5.00. The third-order valence-corrected chi connectivity index (χ3v) is 5.22. The number of halogens is 2. The monoisotopic (exact) mass is 366 g/mol. The van der Waals surface area contributed by atoms with Gasteiger partial charge in [0.1, 0.15) is 5.75 Å². The fraction of sp³-hybridized carbons (Fsp3) is 0.333. The van der Waals surface area contributed by atoms with Crippen molar-refractivity contribution >= 4 is 27.5 Å². The summed E-state index contributed by atoms with van der Waals surface area (Å²) in [5, 5.41) is -0.225. The second-order valence-electron chi connectivity index (χ2n) is 5.42. The SMILES string of the molecule is COc1c(C)cc(Br)c(C)c1C(Cl)c1c(C)cccc1C. The number of alkyl halides is 1. The number of hydrogen-bond donors (Lipinski definition) is 0. The van der Waals surface area contributed by atoms with E-state index in [0.29, 0.717) is 0 Å².